The van der Waals surface area contributed by atoms with Crippen LogP contribution < -0.4 is 10.3 Å². The standard InChI is InChI=1S/C29H27BrClN5O3/c1-17-6-10-26(39-2)25(12-17)34-15-19(7-11-27(34)37)29(38)35-14-18-4-3-5-24(35)28(18)22-16-36(33-32-22)23-9-8-20(30)13-21(23)31/h6-13,15-16,18,24,28H,3-5,14H2,1-2H3. The number of amides is 1. The number of aromatic nitrogens is 4. The van der Waals surface area contributed by atoms with Crippen LogP contribution in [0.15, 0.2) is 70.2 Å². The van der Waals surface area contributed by atoms with E-state index in [1.54, 1.807) is 24.1 Å². The van der Waals surface area contributed by atoms with Gasteiger partial charge in [0.1, 0.15) is 5.75 Å². The van der Waals surface area contributed by atoms with Gasteiger partial charge in [0.15, 0.2) is 0 Å². The Labute approximate surface area is 239 Å². The monoisotopic (exact) mass is 607 g/mol. The summed E-state index contributed by atoms with van der Waals surface area (Å²) in [6, 6.07) is 14.4. The van der Waals surface area contributed by atoms with E-state index >= 15 is 0 Å². The van der Waals surface area contributed by atoms with Gasteiger partial charge in [-0.15, -0.1) is 5.10 Å². The van der Waals surface area contributed by atoms with Gasteiger partial charge in [0.25, 0.3) is 11.5 Å². The van der Waals surface area contributed by atoms with Crippen LogP contribution in [0.1, 0.15) is 46.8 Å². The van der Waals surface area contributed by atoms with Gasteiger partial charge in [-0.3, -0.25) is 14.2 Å². The van der Waals surface area contributed by atoms with Crippen LogP contribution in [0.5, 0.6) is 5.75 Å². The largest absolute Gasteiger partial charge is 0.495 e. The molecule has 3 heterocycles. The van der Waals surface area contributed by atoms with Gasteiger partial charge in [-0.1, -0.05) is 45.2 Å². The molecular weight excluding hydrogens is 582 g/mol. The Hall–Kier alpha value is -3.43. The van der Waals surface area contributed by atoms with Crippen molar-refractivity contribution in [3.63, 3.8) is 0 Å². The lowest BCUT2D eigenvalue weighted by molar-refractivity contribution is 0.0725. The van der Waals surface area contributed by atoms with E-state index in [4.69, 9.17) is 16.3 Å². The molecule has 1 amide bonds. The van der Waals surface area contributed by atoms with E-state index in [0.29, 0.717) is 34.5 Å². The summed E-state index contributed by atoms with van der Waals surface area (Å²) < 4.78 is 9.58. The zero-order chi connectivity index (χ0) is 27.3. The maximum atomic E-state index is 13.9. The van der Waals surface area contributed by atoms with Crippen molar-refractivity contribution in [2.45, 2.75) is 38.1 Å². The number of rotatable bonds is 5. The topological polar surface area (TPSA) is 82.2 Å². The van der Waals surface area contributed by atoms with Crippen LogP contribution in [-0.2, 0) is 0 Å². The third kappa shape index (κ3) is 4.67. The summed E-state index contributed by atoms with van der Waals surface area (Å²) in [6.45, 7) is 2.60. The number of hydrogen-bond donors (Lipinski definition) is 0. The number of fused-ring (bicyclic) bond motifs is 2. The van der Waals surface area contributed by atoms with Gasteiger partial charge in [-0.05, 0) is 67.6 Å². The van der Waals surface area contributed by atoms with Crippen molar-refractivity contribution in [1.82, 2.24) is 24.5 Å². The van der Waals surface area contributed by atoms with Crippen LogP contribution >= 0.6 is 27.5 Å². The minimum absolute atomic E-state index is 0.00988. The first-order valence-corrected chi connectivity index (χ1v) is 14.1. The van der Waals surface area contributed by atoms with E-state index in [2.05, 4.69) is 26.2 Å². The molecule has 4 aromatic rings. The highest BCUT2D eigenvalue weighted by Crippen LogP contribution is 2.46. The molecule has 0 spiro atoms. The van der Waals surface area contributed by atoms with Gasteiger partial charge in [0, 0.05) is 35.2 Å². The highest BCUT2D eigenvalue weighted by Gasteiger charge is 2.48. The van der Waals surface area contributed by atoms with Crippen molar-refractivity contribution in [2.24, 2.45) is 5.92 Å². The molecule has 1 saturated carbocycles. The molecule has 39 heavy (non-hydrogen) atoms. The Balaban J connectivity index is 1.31. The molecule has 3 atom stereocenters. The first-order chi connectivity index (χ1) is 18.8. The van der Waals surface area contributed by atoms with Crippen LogP contribution in [0.4, 0.5) is 0 Å². The molecule has 0 radical (unpaired) electrons. The minimum Gasteiger partial charge on any atom is -0.495 e. The summed E-state index contributed by atoms with van der Waals surface area (Å²) in [7, 11) is 1.57. The first-order valence-electron chi connectivity index (χ1n) is 12.9. The minimum atomic E-state index is -0.225. The average molecular weight is 609 g/mol. The number of benzene rings is 2. The van der Waals surface area contributed by atoms with Gasteiger partial charge in [-0.25, -0.2) is 4.68 Å². The Bertz CT molecular complexity index is 1630. The number of aryl methyl sites for hydroxylation is 1. The third-order valence-electron chi connectivity index (χ3n) is 7.85. The highest BCUT2D eigenvalue weighted by molar-refractivity contribution is 9.10. The van der Waals surface area contributed by atoms with Crippen molar-refractivity contribution in [1.29, 1.82) is 0 Å². The summed E-state index contributed by atoms with van der Waals surface area (Å²) in [5, 5.41) is 9.47. The van der Waals surface area contributed by atoms with E-state index in [1.807, 2.05) is 54.4 Å². The van der Waals surface area contributed by atoms with Crippen molar-refractivity contribution < 1.29 is 9.53 Å². The molecule has 6 rings (SSSR count). The lowest BCUT2D eigenvalue weighted by atomic mass is 9.78. The summed E-state index contributed by atoms with van der Waals surface area (Å²) in [5.41, 5.74) is 3.46. The summed E-state index contributed by atoms with van der Waals surface area (Å²) >= 11 is 9.89. The van der Waals surface area contributed by atoms with Crippen molar-refractivity contribution in [2.75, 3.05) is 13.7 Å². The van der Waals surface area contributed by atoms with Crippen LogP contribution in [0.25, 0.3) is 11.4 Å². The van der Waals surface area contributed by atoms with E-state index in [9.17, 15) is 9.59 Å². The second kappa shape index (κ2) is 10.3. The maximum absolute atomic E-state index is 13.9. The molecule has 2 aromatic carbocycles. The molecule has 1 aliphatic carbocycles. The van der Waals surface area contributed by atoms with Gasteiger partial charge in [-0.2, -0.15) is 0 Å². The van der Waals surface area contributed by atoms with Crippen LogP contribution in [-0.4, -0.2) is 50.1 Å². The van der Waals surface area contributed by atoms with Gasteiger partial charge in [0.2, 0.25) is 0 Å². The normalized spacial score (nSPS) is 20.3. The average Bonchev–Trinajstić information content (AvgIpc) is 3.48. The smallest absolute Gasteiger partial charge is 0.255 e. The Morgan fingerprint density at radius 1 is 1.08 bits per heavy atom. The molecule has 1 aliphatic heterocycles. The predicted molar refractivity (Wildman–Crippen MR) is 152 cm³/mol. The van der Waals surface area contributed by atoms with Crippen molar-refractivity contribution in [3.8, 4) is 17.1 Å². The van der Waals surface area contributed by atoms with Crippen LogP contribution in [0.2, 0.25) is 5.02 Å². The Morgan fingerprint density at radius 2 is 1.92 bits per heavy atom. The molecule has 10 heteroatoms. The molecule has 2 aliphatic rings. The number of halogens is 2. The Morgan fingerprint density at radius 3 is 2.72 bits per heavy atom. The van der Waals surface area contributed by atoms with E-state index in [-0.39, 0.29) is 23.4 Å². The molecule has 2 fully saturated rings. The second-order valence-electron chi connectivity index (χ2n) is 10.2. The lowest BCUT2D eigenvalue weighted by Crippen LogP contribution is -2.38. The molecule has 200 valence electrons. The highest BCUT2D eigenvalue weighted by atomic mass is 79.9. The van der Waals surface area contributed by atoms with Crippen molar-refractivity contribution in [3.05, 3.63) is 97.6 Å². The number of pyridine rings is 1. The summed E-state index contributed by atoms with van der Waals surface area (Å²) in [6.07, 6.45) is 6.54. The Kier molecular flexibility index (Phi) is 6.81. The fourth-order valence-corrected chi connectivity index (χ4v) is 6.81. The molecular formula is C29H27BrClN5O3. The zero-order valence-corrected chi connectivity index (χ0v) is 23.9. The number of ether oxygens (including phenoxy) is 1. The molecule has 8 nitrogen and oxygen atoms in total. The summed E-state index contributed by atoms with van der Waals surface area (Å²) in [4.78, 5) is 28.7. The number of likely N-dealkylation sites (tertiary alicyclic amines) is 1. The quantitative estimate of drug-likeness (QED) is 0.296. The van der Waals surface area contributed by atoms with Crippen LogP contribution in [0, 0.1) is 12.8 Å². The fourth-order valence-electron chi connectivity index (χ4n) is 6.05. The van der Waals surface area contributed by atoms with E-state index < -0.39 is 0 Å². The molecule has 0 N–H and O–H groups in total. The van der Waals surface area contributed by atoms with E-state index in [1.165, 1.54) is 10.6 Å². The molecule has 2 aromatic heterocycles. The number of carbonyl (C=O) groups is 1. The lowest BCUT2D eigenvalue weighted by Gasteiger charge is -2.30. The fraction of sp³-hybridized carbons (Fsp3) is 0.310. The molecule has 2 bridgehead atoms. The second-order valence-corrected chi connectivity index (χ2v) is 11.5. The summed E-state index contributed by atoms with van der Waals surface area (Å²) in [5.74, 6) is 0.867. The van der Waals surface area contributed by atoms with Gasteiger partial charge in [0.05, 0.1) is 41.0 Å². The SMILES string of the molecule is COc1ccc(C)cc1-n1cc(C(=O)N2CC3CCCC2C3c2cn(-c3ccc(Br)cc3Cl)nn2)ccc1=O. The van der Waals surface area contributed by atoms with Gasteiger partial charge >= 0.3 is 0 Å². The third-order valence-corrected chi connectivity index (χ3v) is 8.65. The molecule has 1 saturated heterocycles. The number of nitrogens with zero attached hydrogens (tertiary/aromatic N) is 5. The predicted octanol–water partition coefficient (Wildman–Crippen LogP) is 5.56. The number of methoxy groups -OCH3 is 1. The first kappa shape index (κ1) is 25.8. The molecule has 3 unspecified atom stereocenters. The number of carbonyl (C=O) groups excluding carboxylic acids is 1. The van der Waals surface area contributed by atoms with Crippen LogP contribution in [0.3, 0.4) is 0 Å². The van der Waals surface area contributed by atoms with Gasteiger partial charge < -0.3 is 9.64 Å². The maximum Gasteiger partial charge on any atom is 0.255 e. The van der Waals surface area contributed by atoms with Crippen molar-refractivity contribution >= 4 is 33.4 Å². The number of hydrogen-bond acceptors (Lipinski definition) is 5. The zero-order valence-electron chi connectivity index (χ0n) is 21.6. The van der Waals surface area contributed by atoms with E-state index in [0.717, 1.165) is 40.7 Å².